The number of hydrogen-bond acceptors (Lipinski definition) is 3. The number of nitrogens with zero attached hydrogens (tertiary/aromatic N) is 2. The number of phenolic OH excluding ortho intramolecular Hbond substituents is 1. The van der Waals surface area contributed by atoms with E-state index in [-0.39, 0.29) is 17.9 Å². The zero-order valence-corrected chi connectivity index (χ0v) is 11.4. The highest BCUT2D eigenvalue weighted by atomic mass is 19.1. The van der Waals surface area contributed by atoms with Crippen LogP contribution >= 0.6 is 0 Å². The zero-order chi connectivity index (χ0) is 14.7. The number of halogens is 1. The predicted molar refractivity (Wildman–Crippen MR) is 71.8 cm³/mol. The fourth-order valence-electron chi connectivity index (χ4n) is 2.03. The van der Waals surface area contributed by atoms with E-state index < -0.39 is 11.7 Å². The van der Waals surface area contributed by atoms with E-state index in [1.54, 1.807) is 17.9 Å². The Kier molecular flexibility index (Phi) is 4.02. The number of benzene rings is 1. The molecule has 2 rings (SSSR count). The number of amides is 1. The summed E-state index contributed by atoms with van der Waals surface area (Å²) >= 11 is 0. The van der Waals surface area contributed by atoms with Gasteiger partial charge in [-0.25, -0.2) is 4.39 Å². The molecule has 0 aliphatic rings. The lowest BCUT2D eigenvalue weighted by Gasteiger charge is -2.07. The third-order valence-electron chi connectivity index (χ3n) is 2.98. The fraction of sp³-hybridized carbons (Fsp3) is 0.286. The van der Waals surface area contributed by atoms with Gasteiger partial charge in [-0.2, -0.15) is 5.10 Å². The van der Waals surface area contributed by atoms with Crippen LogP contribution in [-0.2, 0) is 20.0 Å². The summed E-state index contributed by atoms with van der Waals surface area (Å²) in [6.07, 6.45) is 2.55. The number of aromatic hydroxyl groups is 1. The molecule has 2 N–H and O–H groups in total. The molecule has 1 amide bonds. The van der Waals surface area contributed by atoms with Crippen molar-refractivity contribution in [3.8, 4) is 5.75 Å². The van der Waals surface area contributed by atoms with Crippen molar-refractivity contribution in [2.24, 2.45) is 7.05 Å². The number of rotatable bonds is 4. The van der Waals surface area contributed by atoms with Crippen molar-refractivity contribution >= 4 is 5.91 Å². The summed E-state index contributed by atoms with van der Waals surface area (Å²) < 4.78 is 15.2. The van der Waals surface area contributed by atoms with Gasteiger partial charge in [0.25, 0.3) is 5.91 Å². The lowest BCUT2D eigenvalue weighted by molar-refractivity contribution is 0.0944. The summed E-state index contributed by atoms with van der Waals surface area (Å²) in [4.78, 5) is 11.9. The van der Waals surface area contributed by atoms with Gasteiger partial charge in [0.2, 0.25) is 0 Å². The number of nitrogens with one attached hydrogen (secondary N) is 1. The molecule has 0 unspecified atom stereocenters. The van der Waals surface area contributed by atoms with Crippen molar-refractivity contribution in [2.45, 2.75) is 19.9 Å². The number of phenols is 1. The molecule has 0 bridgehead atoms. The molecular formula is C14H16FN3O2. The molecule has 0 aliphatic heterocycles. The largest absolute Gasteiger partial charge is 0.507 e. The summed E-state index contributed by atoms with van der Waals surface area (Å²) in [6, 6.07) is 3.76. The topological polar surface area (TPSA) is 67.2 Å². The lowest BCUT2D eigenvalue weighted by Crippen LogP contribution is -2.24. The van der Waals surface area contributed by atoms with Crippen LogP contribution in [0, 0.1) is 5.82 Å². The monoisotopic (exact) mass is 277 g/mol. The number of hydrogen-bond donors (Lipinski definition) is 2. The third kappa shape index (κ3) is 2.79. The minimum atomic E-state index is -0.746. The number of carbonyl (C=O) groups excluding carboxylic acids is 1. The van der Waals surface area contributed by atoms with E-state index >= 15 is 0 Å². The molecule has 0 fully saturated rings. The maximum Gasteiger partial charge on any atom is 0.258 e. The van der Waals surface area contributed by atoms with Gasteiger partial charge in [0, 0.05) is 25.4 Å². The maximum atomic E-state index is 13.5. The maximum absolute atomic E-state index is 13.5. The number of aromatic nitrogens is 2. The summed E-state index contributed by atoms with van der Waals surface area (Å²) in [6.45, 7) is 2.21. The Bertz CT molecular complexity index is 617. The molecule has 20 heavy (non-hydrogen) atoms. The van der Waals surface area contributed by atoms with Crippen molar-refractivity contribution in [1.82, 2.24) is 15.1 Å². The van der Waals surface area contributed by atoms with Crippen LogP contribution in [0.3, 0.4) is 0 Å². The molecule has 0 atom stereocenters. The average molecular weight is 277 g/mol. The van der Waals surface area contributed by atoms with Crippen molar-refractivity contribution in [2.75, 3.05) is 0 Å². The Morgan fingerprint density at radius 1 is 1.50 bits per heavy atom. The van der Waals surface area contributed by atoms with Crippen LogP contribution in [0.4, 0.5) is 4.39 Å². The van der Waals surface area contributed by atoms with Crippen molar-refractivity contribution in [3.63, 3.8) is 0 Å². The Hall–Kier alpha value is -2.37. The van der Waals surface area contributed by atoms with Gasteiger partial charge in [0.05, 0.1) is 5.69 Å². The Morgan fingerprint density at radius 2 is 2.25 bits per heavy atom. The van der Waals surface area contributed by atoms with Crippen LogP contribution in [0.5, 0.6) is 5.75 Å². The second-order valence-electron chi connectivity index (χ2n) is 4.44. The molecule has 0 spiro atoms. The Balaban J connectivity index is 2.13. The van der Waals surface area contributed by atoms with Gasteiger partial charge in [-0.15, -0.1) is 0 Å². The van der Waals surface area contributed by atoms with Gasteiger partial charge in [-0.05, 0) is 18.6 Å². The summed E-state index contributed by atoms with van der Waals surface area (Å²) in [5.41, 5.74) is 1.42. The summed E-state index contributed by atoms with van der Waals surface area (Å²) in [5.74, 6) is -1.76. The number of aryl methyl sites for hydroxylation is 2. The second kappa shape index (κ2) is 5.73. The van der Waals surface area contributed by atoms with Gasteiger partial charge in [-0.3, -0.25) is 9.48 Å². The summed E-state index contributed by atoms with van der Waals surface area (Å²) in [5, 5.41) is 16.4. The molecule has 1 aromatic carbocycles. The minimum absolute atomic E-state index is 0.240. The van der Waals surface area contributed by atoms with Gasteiger partial charge in [-0.1, -0.05) is 13.0 Å². The quantitative estimate of drug-likeness (QED) is 0.894. The standard InChI is InChI=1S/C14H16FN3O2/c1-3-11-9(8-18(2)17-11)7-16-14(20)13-10(15)5-4-6-12(13)19/h4-6,8,19H,3,7H2,1-2H3,(H,16,20). The van der Waals surface area contributed by atoms with Crippen molar-refractivity contribution in [3.05, 3.63) is 47.0 Å². The molecular weight excluding hydrogens is 261 g/mol. The van der Waals surface area contributed by atoms with Crippen LogP contribution in [-0.4, -0.2) is 20.8 Å². The van der Waals surface area contributed by atoms with Gasteiger partial charge >= 0.3 is 0 Å². The minimum Gasteiger partial charge on any atom is -0.507 e. The van der Waals surface area contributed by atoms with Gasteiger partial charge in [0.1, 0.15) is 17.1 Å². The highest BCUT2D eigenvalue weighted by Gasteiger charge is 2.16. The predicted octanol–water partition coefficient (Wildman–Crippen LogP) is 1.76. The van der Waals surface area contributed by atoms with E-state index in [0.717, 1.165) is 23.7 Å². The van der Waals surface area contributed by atoms with Crippen LogP contribution in [0.25, 0.3) is 0 Å². The van der Waals surface area contributed by atoms with Crippen LogP contribution < -0.4 is 5.32 Å². The van der Waals surface area contributed by atoms with Crippen LogP contribution in [0.15, 0.2) is 24.4 Å². The molecule has 5 nitrogen and oxygen atoms in total. The molecule has 106 valence electrons. The van der Waals surface area contributed by atoms with Gasteiger partial charge < -0.3 is 10.4 Å². The van der Waals surface area contributed by atoms with Crippen molar-refractivity contribution in [1.29, 1.82) is 0 Å². The second-order valence-corrected chi connectivity index (χ2v) is 4.44. The van der Waals surface area contributed by atoms with Crippen molar-refractivity contribution < 1.29 is 14.3 Å². The Labute approximate surface area is 116 Å². The third-order valence-corrected chi connectivity index (χ3v) is 2.98. The van der Waals surface area contributed by atoms with E-state index in [1.807, 2.05) is 6.92 Å². The van der Waals surface area contributed by atoms with E-state index in [9.17, 15) is 14.3 Å². The van der Waals surface area contributed by atoms with Crippen LogP contribution in [0.1, 0.15) is 28.5 Å². The normalized spacial score (nSPS) is 10.6. The van der Waals surface area contributed by atoms with Gasteiger partial charge in [0.15, 0.2) is 0 Å². The van der Waals surface area contributed by atoms with E-state index in [0.29, 0.717) is 0 Å². The highest BCUT2D eigenvalue weighted by molar-refractivity contribution is 5.97. The first-order valence-corrected chi connectivity index (χ1v) is 6.30. The number of carbonyl (C=O) groups is 1. The SMILES string of the molecule is CCc1nn(C)cc1CNC(=O)c1c(O)cccc1F. The fourth-order valence-corrected chi connectivity index (χ4v) is 2.03. The molecule has 6 heteroatoms. The molecule has 0 saturated carbocycles. The van der Waals surface area contributed by atoms with E-state index in [4.69, 9.17) is 0 Å². The summed E-state index contributed by atoms with van der Waals surface area (Å²) in [7, 11) is 1.80. The molecule has 1 aromatic heterocycles. The zero-order valence-electron chi connectivity index (χ0n) is 11.4. The molecule has 2 aromatic rings. The molecule has 0 aliphatic carbocycles. The smallest absolute Gasteiger partial charge is 0.258 e. The lowest BCUT2D eigenvalue weighted by atomic mass is 10.1. The molecule has 1 heterocycles. The molecule has 0 saturated heterocycles. The Morgan fingerprint density at radius 3 is 2.90 bits per heavy atom. The van der Waals surface area contributed by atoms with Crippen LogP contribution in [0.2, 0.25) is 0 Å². The highest BCUT2D eigenvalue weighted by Crippen LogP contribution is 2.19. The first-order chi connectivity index (χ1) is 9.52. The molecule has 0 radical (unpaired) electrons. The first-order valence-electron chi connectivity index (χ1n) is 6.30. The first kappa shape index (κ1) is 14.0. The van der Waals surface area contributed by atoms with E-state index in [2.05, 4.69) is 10.4 Å². The van der Waals surface area contributed by atoms with E-state index in [1.165, 1.54) is 12.1 Å². The average Bonchev–Trinajstić information content (AvgIpc) is 2.76.